The van der Waals surface area contributed by atoms with Crippen LogP contribution in [0.1, 0.15) is 55.1 Å². The summed E-state index contributed by atoms with van der Waals surface area (Å²) in [6, 6.07) is 5.93. The second kappa shape index (κ2) is 9.19. The summed E-state index contributed by atoms with van der Waals surface area (Å²) in [5.74, 6) is 1.15. The van der Waals surface area contributed by atoms with Gasteiger partial charge in [-0.1, -0.05) is 31.9 Å². The molecule has 1 atom stereocenters. The Morgan fingerprint density at radius 1 is 1.14 bits per heavy atom. The SMILES string of the molecule is CC(C)C(NC(=O)c1ccc(Cl)cc1)C(=O)NCc1nnc2n1CCCCC2. The summed E-state index contributed by atoms with van der Waals surface area (Å²) in [7, 11) is 0. The van der Waals surface area contributed by atoms with Crippen molar-refractivity contribution in [2.75, 3.05) is 0 Å². The third-order valence-electron chi connectivity index (χ3n) is 4.95. The van der Waals surface area contributed by atoms with Crippen molar-refractivity contribution in [2.45, 2.75) is 58.7 Å². The van der Waals surface area contributed by atoms with Gasteiger partial charge >= 0.3 is 0 Å². The number of carbonyl (C=O) groups is 2. The first-order valence-electron chi connectivity index (χ1n) is 9.71. The van der Waals surface area contributed by atoms with Gasteiger partial charge in [0.2, 0.25) is 5.91 Å². The number of hydrogen-bond donors (Lipinski definition) is 2. The molecular formula is C20H26ClN5O2. The highest BCUT2D eigenvalue weighted by atomic mass is 35.5. The van der Waals surface area contributed by atoms with Crippen molar-refractivity contribution in [1.82, 2.24) is 25.4 Å². The number of aryl methyl sites for hydroxylation is 1. The van der Waals surface area contributed by atoms with Crippen molar-refractivity contribution in [3.05, 3.63) is 46.5 Å². The largest absolute Gasteiger partial charge is 0.347 e. The van der Waals surface area contributed by atoms with E-state index in [1.807, 2.05) is 13.8 Å². The summed E-state index contributed by atoms with van der Waals surface area (Å²) in [6.07, 6.45) is 4.32. The smallest absolute Gasteiger partial charge is 0.251 e. The van der Waals surface area contributed by atoms with Crippen molar-refractivity contribution in [3.63, 3.8) is 0 Å². The molecule has 28 heavy (non-hydrogen) atoms. The molecule has 0 aliphatic carbocycles. The fourth-order valence-electron chi connectivity index (χ4n) is 3.31. The Bertz CT molecular complexity index is 832. The van der Waals surface area contributed by atoms with Gasteiger partial charge < -0.3 is 15.2 Å². The number of hydrogen-bond acceptors (Lipinski definition) is 4. The first kappa shape index (κ1) is 20.3. The summed E-state index contributed by atoms with van der Waals surface area (Å²) in [4.78, 5) is 25.2. The highest BCUT2D eigenvalue weighted by molar-refractivity contribution is 6.30. The van der Waals surface area contributed by atoms with E-state index in [0.717, 1.165) is 37.5 Å². The van der Waals surface area contributed by atoms with Crippen LogP contribution in [-0.2, 0) is 24.3 Å². The molecule has 0 spiro atoms. The summed E-state index contributed by atoms with van der Waals surface area (Å²) >= 11 is 5.86. The molecule has 1 unspecified atom stereocenters. The highest BCUT2D eigenvalue weighted by Gasteiger charge is 2.25. The number of aromatic nitrogens is 3. The van der Waals surface area contributed by atoms with E-state index in [1.54, 1.807) is 24.3 Å². The normalized spacial score (nSPS) is 14.9. The number of rotatable bonds is 6. The lowest BCUT2D eigenvalue weighted by Crippen LogP contribution is -2.49. The van der Waals surface area contributed by atoms with Crippen LogP contribution in [0.5, 0.6) is 0 Å². The Hall–Kier alpha value is -2.41. The first-order valence-corrected chi connectivity index (χ1v) is 10.1. The van der Waals surface area contributed by atoms with Gasteiger partial charge in [-0.15, -0.1) is 10.2 Å². The molecule has 1 aromatic carbocycles. The standard InChI is InChI=1S/C20H26ClN5O2/c1-13(2)18(23-19(27)14-7-9-15(21)10-8-14)20(28)22-12-17-25-24-16-6-4-3-5-11-26(16)17/h7-10,13,18H,3-6,11-12H2,1-2H3,(H,22,28)(H,23,27). The van der Waals surface area contributed by atoms with E-state index in [0.29, 0.717) is 17.1 Å². The Labute approximate surface area is 169 Å². The molecular weight excluding hydrogens is 378 g/mol. The molecule has 7 nitrogen and oxygen atoms in total. The van der Waals surface area contributed by atoms with E-state index in [-0.39, 0.29) is 17.7 Å². The Kier molecular flexibility index (Phi) is 6.67. The maximum absolute atomic E-state index is 12.7. The molecule has 8 heteroatoms. The molecule has 1 aliphatic rings. The van der Waals surface area contributed by atoms with E-state index < -0.39 is 6.04 Å². The van der Waals surface area contributed by atoms with E-state index in [9.17, 15) is 9.59 Å². The maximum atomic E-state index is 12.7. The quantitative estimate of drug-likeness (QED) is 0.776. The zero-order valence-corrected chi connectivity index (χ0v) is 17.0. The number of nitrogens with one attached hydrogen (secondary N) is 2. The van der Waals surface area contributed by atoms with Crippen molar-refractivity contribution in [2.24, 2.45) is 5.92 Å². The molecule has 150 valence electrons. The predicted octanol–water partition coefficient (Wildman–Crippen LogP) is 2.73. The molecule has 1 aromatic heterocycles. The number of fused-ring (bicyclic) bond motifs is 1. The van der Waals surface area contributed by atoms with Crippen LogP contribution in [0, 0.1) is 5.92 Å². The molecule has 2 heterocycles. The Morgan fingerprint density at radius 3 is 2.61 bits per heavy atom. The average Bonchev–Trinajstić information content (AvgIpc) is 2.90. The van der Waals surface area contributed by atoms with Crippen LogP contribution in [0.15, 0.2) is 24.3 Å². The van der Waals surface area contributed by atoms with Gasteiger partial charge in [0.25, 0.3) is 5.91 Å². The molecule has 0 radical (unpaired) electrons. The monoisotopic (exact) mass is 403 g/mol. The summed E-state index contributed by atoms with van der Waals surface area (Å²) in [5, 5.41) is 14.8. The van der Waals surface area contributed by atoms with Crippen molar-refractivity contribution < 1.29 is 9.59 Å². The zero-order valence-electron chi connectivity index (χ0n) is 16.2. The number of amides is 2. The van der Waals surface area contributed by atoms with Gasteiger partial charge in [-0.3, -0.25) is 9.59 Å². The van der Waals surface area contributed by atoms with Crippen molar-refractivity contribution in [3.8, 4) is 0 Å². The van der Waals surface area contributed by atoms with E-state index >= 15 is 0 Å². The number of benzene rings is 1. The summed E-state index contributed by atoms with van der Waals surface area (Å²) in [6.45, 7) is 4.98. The van der Waals surface area contributed by atoms with E-state index in [1.165, 1.54) is 6.42 Å². The molecule has 2 aromatic rings. The molecule has 2 N–H and O–H groups in total. The lowest BCUT2D eigenvalue weighted by Gasteiger charge is -2.21. The molecule has 0 saturated heterocycles. The predicted molar refractivity (Wildman–Crippen MR) is 107 cm³/mol. The maximum Gasteiger partial charge on any atom is 0.251 e. The lowest BCUT2D eigenvalue weighted by atomic mass is 10.0. The minimum Gasteiger partial charge on any atom is -0.347 e. The number of halogens is 1. The van der Waals surface area contributed by atoms with Crippen LogP contribution < -0.4 is 10.6 Å². The van der Waals surface area contributed by atoms with Gasteiger partial charge in [0.15, 0.2) is 5.82 Å². The molecule has 1 aliphatic heterocycles. The molecule has 0 saturated carbocycles. The molecule has 0 fully saturated rings. The van der Waals surface area contributed by atoms with Gasteiger partial charge in [0, 0.05) is 23.6 Å². The highest BCUT2D eigenvalue weighted by Crippen LogP contribution is 2.15. The number of nitrogens with zero attached hydrogens (tertiary/aromatic N) is 3. The second-order valence-corrected chi connectivity index (χ2v) is 7.85. The first-order chi connectivity index (χ1) is 13.5. The topological polar surface area (TPSA) is 88.9 Å². The van der Waals surface area contributed by atoms with E-state index in [2.05, 4.69) is 25.4 Å². The van der Waals surface area contributed by atoms with Crippen LogP contribution in [0.3, 0.4) is 0 Å². The van der Waals surface area contributed by atoms with Gasteiger partial charge in [0.05, 0.1) is 6.54 Å². The molecule has 3 rings (SSSR count). The average molecular weight is 404 g/mol. The van der Waals surface area contributed by atoms with Gasteiger partial charge in [0.1, 0.15) is 11.9 Å². The van der Waals surface area contributed by atoms with Crippen LogP contribution in [-0.4, -0.2) is 32.6 Å². The van der Waals surface area contributed by atoms with E-state index in [4.69, 9.17) is 11.6 Å². The summed E-state index contributed by atoms with van der Waals surface area (Å²) < 4.78 is 2.10. The Morgan fingerprint density at radius 2 is 1.89 bits per heavy atom. The van der Waals surface area contributed by atoms with Crippen LogP contribution in [0.4, 0.5) is 0 Å². The number of carbonyl (C=O) groups excluding carboxylic acids is 2. The zero-order chi connectivity index (χ0) is 20.1. The Balaban J connectivity index is 1.63. The lowest BCUT2D eigenvalue weighted by molar-refractivity contribution is -0.124. The van der Waals surface area contributed by atoms with Gasteiger partial charge in [-0.2, -0.15) is 0 Å². The van der Waals surface area contributed by atoms with Gasteiger partial charge in [-0.25, -0.2) is 0 Å². The third kappa shape index (κ3) is 4.90. The van der Waals surface area contributed by atoms with Crippen molar-refractivity contribution in [1.29, 1.82) is 0 Å². The molecule has 0 bridgehead atoms. The minimum atomic E-state index is -0.644. The summed E-state index contributed by atoms with van der Waals surface area (Å²) in [5.41, 5.74) is 0.464. The minimum absolute atomic E-state index is 0.0632. The van der Waals surface area contributed by atoms with Gasteiger partial charge in [-0.05, 0) is 43.0 Å². The fraction of sp³-hybridized carbons (Fsp3) is 0.500. The van der Waals surface area contributed by atoms with Crippen LogP contribution >= 0.6 is 11.6 Å². The van der Waals surface area contributed by atoms with Crippen molar-refractivity contribution >= 4 is 23.4 Å². The molecule has 2 amide bonds. The third-order valence-corrected chi connectivity index (χ3v) is 5.20. The van der Waals surface area contributed by atoms with Crippen LogP contribution in [0.2, 0.25) is 5.02 Å². The fourth-order valence-corrected chi connectivity index (χ4v) is 3.44. The second-order valence-electron chi connectivity index (χ2n) is 7.41. The van der Waals surface area contributed by atoms with Crippen LogP contribution in [0.25, 0.3) is 0 Å².